The van der Waals surface area contributed by atoms with E-state index in [2.05, 4.69) is 4.98 Å². The third kappa shape index (κ3) is 1.49. The van der Waals surface area contributed by atoms with Gasteiger partial charge in [0, 0.05) is 6.20 Å². The summed E-state index contributed by atoms with van der Waals surface area (Å²) < 4.78 is 0. The van der Waals surface area contributed by atoms with Gasteiger partial charge < -0.3 is 0 Å². The molecular formula is C6H4Cl2N2O2. The van der Waals surface area contributed by atoms with Gasteiger partial charge in [-0.3, -0.25) is 15.1 Å². The Kier molecular flexibility index (Phi) is 2.49. The third-order valence-electron chi connectivity index (χ3n) is 1.31. The second kappa shape index (κ2) is 3.25. The Morgan fingerprint density at radius 2 is 2.17 bits per heavy atom. The molecule has 1 aromatic rings. The molecule has 0 amide bonds. The van der Waals surface area contributed by atoms with Crippen molar-refractivity contribution in [3.05, 3.63) is 32.1 Å². The van der Waals surface area contributed by atoms with E-state index in [1.807, 2.05) is 0 Å². The first-order valence-electron chi connectivity index (χ1n) is 2.99. The van der Waals surface area contributed by atoms with Gasteiger partial charge in [-0.15, -0.1) is 0 Å². The van der Waals surface area contributed by atoms with Crippen molar-refractivity contribution in [3.8, 4) is 0 Å². The maximum atomic E-state index is 10.4. The highest BCUT2D eigenvalue weighted by Crippen LogP contribution is 2.32. The zero-order valence-corrected chi connectivity index (χ0v) is 7.56. The molecule has 0 N–H and O–H groups in total. The molecule has 6 heteroatoms. The van der Waals surface area contributed by atoms with Gasteiger partial charge in [-0.05, 0) is 6.92 Å². The van der Waals surface area contributed by atoms with Gasteiger partial charge >= 0.3 is 5.69 Å². The fraction of sp³-hybridized carbons (Fsp3) is 0.167. The fourth-order valence-electron chi connectivity index (χ4n) is 0.756. The quantitative estimate of drug-likeness (QED) is 0.525. The number of pyridine rings is 1. The topological polar surface area (TPSA) is 56.0 Å². The molecule has 1 aromatic heterocycles. The molecule has 1 rings (SSSR count). The standard InChI is InChI=1S/C6H4Cl2N2O2/c1-3-6(10(11)12)5(8)4(7)2-9-3/h2H,1H3. The van der Waals surface area contributed by atoms with Gasteiger partial charge in [0.1, 0.15) is 10.7 Å². The van der Waals surface area contributed by atoms with Crippen LogP contribution in [0.15, 0.2) is 6.20 Å². The highest BCUT2D eigenvalue weighted by molar-refractivity contribution is 6.43. The Balaban J connectivity index is 3.43. The van der Waals surface area contributed by atoms with Crippen molar-refractivity contribution in [1.29, 1.82) is 0 Å². The minimum atomic E-state index is -0.601. The molecule has 0 aliphatic heterocycles. The molecule has 0 saturated heterocycles. The number of aryl methyl sites for hydroxylation is 1. The van der Waals surface area contributed by atoms with Crippen molar-refractivity contribution in [2.75, 3.05) is 0 Å². The number of aromatic nitrogens is 1. The Bertz CT molecular complexity index is 341. The second-order valence-corrected chi connectivity index (χ2v) is 2.90. The number of nitrogens with zero attached hydrogens (tertiary/aromatic N) is 2. The second-order valence-electron chi connectivity index (χ2n) is 2.11. The minimum Gasteiger partial charge on any atom is -0.258 e. The summed E-state index contributed by atoms with van der Waals surface area (Å²) in [6.45, 7) is 1.50. The smallest absolute Gasteiger partial charge is 0.258 e. The van der Waals surface area contributed by atoms with Crippen molar-refractivity contribution < 1.29 is 4.92 Å². The van der Waals surface area contributed by atoms with E-state index in [1.54, 1.807) is 0 Å². The largest absolute Gasteiger partial charge is 0.310 e. The molecule has 64 valence electrons. The fourth-order valence-corrected chi connectivity index (χ4v) is 1.15. The normalized spacial score (nSPS) is 9.92. The van der Waals surface area contributed by atoms with E-state index in [-0.39, 0.29) is 21.4 Å². The molecule has 12 heavy (non-hydrogen) atoms. The lowest BCUT2D eigenvalue weighted by atomic mass is 10.3. The zero-order chi connectivity index (χ0) is 9.30. The highest BCUT2D eigenvalue weighted by atomic mass is 35.5. The van der Waals surface area contributed by atoms with E-state index in [0.717, 1.165) is 0 Å². The molecule has 0 atom stereocenters. The van der Waals surface area contributed by atoms with Gasteiger partial charge in [0.15, 0.2) is 0 Å². The van der Waals surface area contributed by atoms with Crippen LogP contribution in [0.5, 0.6) is 0 Å². The monoisotopic (exact) mass is 206 g/mol. The SMILES string of the molecule is Cc1ncc(Cl)c(Cl)c1[N+](=O)[O-]. The van der Waals surface area contributed by atoms with Crippen LogP contribution in [0.25, 0.3) is 0 Å². The molecule has 0 aliphatic rings. The van der Waals surface area contributed by atoms with Gasteiger partial charge in [0.25, 0.3) is 0 Å². The van der Waals surface area contributed by atoms with E-state index in [9.17, 15) is 10.1 Å². The van der Waals surface area contributed by atoms with Crippen molar-refractivity contribution in [3.63, 3.8) is 0 Å². The summed E-state index contributed by atoms with van der Waals surface area (Å²) in [4.78, 5) is 13.5. The summed E-state index contributed by atoms with van der Waals surface area (Å²) in [5, 5.41) is 10.4. The highest BCUT2D eigenvalue weighted by Gasteiger charge is 2.19. The maximum absolute atomic E-state index is 10.4. The van der Waals surface area contributed by atoms with Crippen LogP contribution in [-0.2, 0) is 0 Å². The first kappa shape index (κ1) is 9.22. The lowest BCUT2D eigenvalue weighted by Crippen LogP contribution is -1.95. The number of hydrogen-bond acceptors (Lipinski definition) is 3. The molecule has 0 bridgehead atoms. The van der Waals surface area contributed by atoms with Crippen LogP contribution in [0.1, 0.15) is 5.69 Å². The molecule has 0 fully saturated rings. The number of halogens is 2. The van der Waals surface area contributed by atoms with Gasteiger partial charge in [0.2, 0.25) is 0 Å². The van der Waals surface area contributed by atoms with Gasteiger partial charge in [-0.25, -0.2) is 0 Å². The maximum Gasteiger partial charge on any atom is 0.310 e. The third-order valence-corrected chi connectivity index (χ3v) is 2.08. The molecule has 0 saturated carbocycles. The van der Waals surface area contributed by atoms with Crippen LogP contribution in [0.3, 0.4) is 0 Å². The van der Waals surface area contributed by atoms with E-state index < -0.39 is 4.92 Å². The van der Waals surface area contributed by atoms with Crippen LogP contribution >= 0.6 is 23.2 Å². The number of hydrogen-bond donors (Lipinski definition) is 0. The summed E-state index contributed by atoms with van der Waals surface area (Å²) in [5.41, 5.74) is 0.0265. The molecule has 0 aromatic carbocycles. The van der Waals surface area contributed by atoms with Crippen LogP contribution in [-0.4, -0.2) is 9.91 Å². The summed E-state index contributed by atoms with van der Waals surface area (Å²) in [5.74, 6) is 0. The predicted molar refractivity (Wildman–Crippen MR) is 45.6 cm³/mol. The summed E-state index contributed by atoms with van der Waals surface area (Å²) in [7, 11) is 0. The molecular weight excluding hydrogens is 203 g/mol. The summed E-state index contributed by atoms with van der Waals surface area (Å²) in [6.07, 6.45) is 1.28. The lowest BCUT2D eigenvalue weighted by molar-refractivity contribution is -0.385. The van der Waals surface area contributed by atoms with Crippen molar-refractivity contribution in [2.45, 2.75) is 6.92 Å². The molecule has 1 heterocycles. The molecule has 0 radical (unpaired) electrons. The minimum absolute atomic E-state index is 0.0610. The van der Waals surface area contributed by atoms with Crippen LogP contribution in [0.4, 0.5) is 5.69 Å². The van der Waals surface area contributed by atoms with Crippen molar-refractivity contribution >= 4 is 28.9 Å². The van der Waals surface area contributed by atoms with E-state index >= 15 is 0 Å². The number of nitro groups is 1. The van der Waals surface area contributed by atoms with Crippen LogP contribution in [0.2, 0.25) is 10.0 Å². The summed E-state index contributed by atoms with van der Waals surface area (Å²) in [6, 6.07) is 0. The van der Waals surface area contributed by atoms with E-state index in [4.69, 9.17) is 23.2 Å². The first-order valence-corrected chi connectivity index (χ1v) is 3.74. The first-order chi connectivity index (χ1) is 5.54. The van der Waals surface area contributed by atoms with Gasteiger partial charge in [-0.2, -0.15) is 0 Å². The average molecular weight is 207 g/mol. The van der Waals surface area contributed by atoms with E-state index in [0.29, 0.717) is 0 Å². The number of rotatable bonds is 1. The average Bonchev–Trinajstić information content (AvgIpc) is 1.97. The molecule has 0 spiro atoms. The predicted octanol–water partition coefficient (Wildman–Crippen LogP) is 2.61. The van der Waals surface area contributed by atoms with Gasteiger partial charge in [-0.1, -0.05) is 23.2 Å². The Labute approximate surface area is 78.3 Å². The molecule has 4 nitrogen and oxygen atoms in total. The van der Waals surface area contributed by atoms with Crippen molar-refractivity contribution in [1.82, 2.24) is 4.98 Å². The van der Waals surface area contributed by atoms with Crippen LogP contribution in [0, 0.1) is 17.0 Å². The summed E-state index contributed by atoms with van der Waals surface area (Å²) >= 11 is 11.1. The molecule has 0 aliphatic carbocycles. The Morgan fingerprint density at radius 3 is 2.58 bits per heavy atom. The van der Waals surface area contributed by atoms with Crippen LogP contribution < -0.4 is 0 Å². The van der Waals surface area contributed by atoms with Gasteiger partial charge in [0.05, 0.1) is 9.95 Å². The van der Waals surface area contributed by atoms with Crippen molar-refractivity contribution in [2.24, 2.45) is 0 Å². The lowest BCUT2D eigenvalue weighted by Gasteiger charge is -1.99. The Morgan fingerprint density at radius 1 is 1.58 bits per heavy atom. The molecule has 0 unspecified atom stereocenters. The zero-order valence-electron chi connectivity index (χ0n) is 6.04. The Hall–Kier alpha value is -0.870. The van der Waals surface area contributed by atoms with E-state index in [1.165, 1.54) is 13.1 Å².